The summed E-state index contributed by atoms with van der Waals surface area (Å²) < 4.78 is 5.42. The van der Waals surface area contributed by atoms with Crippen LogP contribution in [0, 0.1) is 0 Å². The molecule has 0 aliphatic carbocycles. The summed E-state index contributed by atoms with van der Waals surface area (Å²) in [6.07, 6.45) is 4.89. The van der Waals surface area contributed by atoms with E-state index < -0.39 is 0 Å². The van der Waals surface area contributed by atoms with Crippen LogP contribution < -0.4 is 33.2 Å². The quantitative estimate of drug-likeness (QED) is 0.276. The molecule has 1 aromatic rings. The highest BCUT2D eigenvalue weighted by atomic mass is 127. The molecule has 0 radical (unpaired) electrons. The monoisotopic (exact) mass is 345 g/mol. The summed E-state index contributed by atoms with van der Waals surface area (Å²) in [7, 11) is 3.82. The van der Waals surface area contributed by atoms with E-state index >= 15 is 0 Å². The van der Waals surface area contributed by atoms with Crippen molar-refractivity contribution in [1.82, 2.24) is 4.58 Å². The molecule has 0 N–H and O–H groups in total. The van der Waals surface area contributed by atoms with Crippen LogP contribution in [0.5, 0.6) is 0 Å². The van der Waals surface area contributed by atoms with Crippen molar-refractivity contribution in [3.8, 4) is 0 Å². The number of hydrogen-bond acceptors (Lipinski definition) is 3. The van der Waals surface area contributed by atoms with Gasteiger partial charge in [0.25, 0.3) is 4.67 Å². The molecule has 0 bridgehead atoms. The minimum atomic E-state index is 0. The highest BCUT2D eigenvalue weighted by molar-refractivity contribution is 8.02. The molecule has 1 nitrogen and oxygen atoms in total. The van der Waals surface area contributed by atoms with Crippen LogP contribution in [0.4, 0.5) is 0 Å². The van der Waals surface area contributed by atoms with Gasteiger partial charge in [-0.3, -0.25) is 0 Å². The Labute approximate surface area is 107 Å². The van der Waals surface area contributed by atoms with Gasteiger partial charge in [-0.15, -0.1) is 11.8 Å². The zero-order valence-corrected chi connectivity index (χ0v) is 12.1. The third-order valence-corrected chi connectivity index (χ3v) is 5.87. The molecule has 0 atom stereocenters. The van der Waals surface area contributed by atoms with E-state index in [1.54, 1.807) is 0 Å². The van der Waals surface area contributed by atoms with Gasteiger partial charge in [-0.05, 0) is 16.6 Å². The molecule has 2 rings (SSSR count). The lowest BCUT2D eigenvalue weighted by molar-refractivity contribution is -0.00000233. The van der Waals surface area contributed by atoms with Crippen LogP contribution in [-0.2, 0) is 0 Å². The standard InChI is InChI=1S/C8H12NS3.HI/c1-10-8-6-7(11-12-8)9-4-2-3-5-9;/h6H,2-5H2,1H3;1H/q+1;/p-1. The lowest BCUT2D eigenvalue weighted by Crippen LogP contribution is -3.00. The topological polar surface area (TPSA) is 3.01 Å². The van der Waals surface area contributed by atoms with E-state index in [0.29, 0.717) is 0 Å². The number of halogens is 1. The number of hydrogen-bond donors (Lipinski definition) is 0. The molecule has 0 aromatic carbocycles. The van der Waals surface area contributed by atoms with Crippen LogP contribution in [0.25, 0.3) is 0 Å². The highest BCUT2D eigenvalue weighted by Gasteiger charge is 2.14. The van der Waals surface area contributed by atoms with Crippen molar-refractivity contribution in [1.29, 1.82) is 0 Å². The first-order valence-corrected chi connectivity index (χ1v) is 7.50. The first-order valence-electron chi connectivity index (χ1n) is 4.12. The third kappa shape index (κ3) is 2.94. The predicted molar refractivity (Wildman–Crippen MR) is 58.2 cm³/mol. The molecule has 1 aromatic heterocycles. The van der Waals surface area contributed by atoms with Crippen molar-refractivity contribution in [2.24, 2.45) is 0 Å². The molecular formula is C8H12INS3. The summed E-state index contributed by atoms with van der Waals surface area (Å²) in [6, 6.07) is 2.32. The van der Waals surface area contributed by atoms with Gasteiger partial charge in [0, 0.05) is 18.9 Å². The molecule has 1 aliphatic rings. The van der Waals surface area contributed by atoms with Gasteiger partial charge < -0.3 is 24.0 Å². The summed E-state index contributed by atoms with van der Waals surface area (Å²) >= 11 is 1.85. The average molecular weight is 345 g/mol. The average Bonchev–Trinajstić information content (AvgIpc) is 2.75. The largest absolute Gasteiger partial charge is 1.00 e. The van der Waals surface area contributed by atoms with Crippen LogP contribution >= 0.6 is 32.4 Å². The van der Waals surface area contributed by atoms with Crippen LogP contribution in [0.15, 0.2) is 10.3 Å². The zero-order valence-electron chi connectivity index (χ0n) is 7.46. The smallest absolute Gasteiger partial charge is 0.268 e. The fraction of sp³-hybridized carbons (Fsp3) is 0.625. The minimum absolute atomic E-state index is 0. The van der Waals surface area contributed by atoms with Crippen LogP contribution in [0.1, 0.15) is 12.8 Å². The maximum absolute atomic E-state index is 2.50. The van der Waals surface area contributed by atoms with Gasteiger partial charge in [-0.2, -0.15) is 0 Å². The van der Waals surface area contributed by atoms with Gasteiger partial charge >= 0.3 is 0 Å². The number of thioether (sulfide) groups is 1. The summed E-state index contributed by atoms with van der Waals surface area (Å²) in [6.45, 7) is 2.53. The van der Waals surface area contributed by atoms with Gasteiger partial charge in [-0.1, -0.05) is 10.3 Å². The Bertz CT molecular complexity index is 320. The summed E-state index contributed by atoms with van der Waals surface area (Å²) in [5, 5.41) is 0. The van der Waals surface area contributed by atoms with Gasteiger partial charge in [0.15, 0.2) is 0 Å². The molecule has 1 fully saturated rings. The molecular weight excluding hydrogens is 333 g/mol. The SMILES string of the molecule is CSc1cc(=[N+]2CCCC2)ss1.[I-]. The molecule has 2 heterocycles. The van der Waals surface area contributed by atoms with E-state index in [1.807, 2.05) is 32.4 Å². The van der Waals surface area contributed by atoms with Crippen LogP contribution in [-0.4, -0.2) is 19.3 Å². The molecule has 1 aliphatic heterocycles. The van der Waals surface area contributed by atoms with Crippen molar-refractivity contribution in [2.45, 2.75) is 17.1 Å². The molecule has 0 unspecified atom stereocenters. The second kappa shape index (κ2) is 5.72. The van der Waals surface area contributed by atoms with E-state index in [0.717, 1.165) is 0 Å². The van der Waals surface area contributed by atoms with Crippen LogP contribution in [0.2, 0.25) is 0 Å². The second-order valence-corrected chi connectivity index (χ2v) is 6.16. The fourth-order valence-corrected chi connectivity index (χ4v) is 4.87. The molecule has 0 spiro atoms. The highest BCUT2D eigenvalue weighted by Crippen LogP contribution is 2.21. The van der Waals surface area contributed by atoms with E-state index in [2.05, 4.69) is 16.9 Å². The maximum Gasteiger partial charge on any atom is 0.268 e. The Morgan fingerprint density at radius 3 is 2.54 bits per heavy atom. The Balaban J connectivity index is 0.000000845. The maximum atomic E-state index is 2.50. The molecule has 13 heavy (non-hydrogen) atoms. The number of rotatable bonds is 1. The van der Waals surface area contributed by atoms with Gasteiger partial charge in [0.1, 0.15) is 13.1 Å². The Hall–Kier alpha value is 0.930. The third-order valence-electron chi connectivity index (χ3n) is 2.07. The molecule has 0 amide bonds. The van der Waals surface area contributed by atoms with E-state index in [9.17, 15) is 0 Å². The lowest BCUT2D eigenvalue weighted by Gasteiger charge is -1.85. The van der Waals surface area contributed by atoms with Crippen molar-refractivity contribution in [3.63, 3.8) is 0 Å². The van der Waals surface area contributed by atoms with Gasteiger partial charge in [0.2, 0.25) is 0 Å². The molecule has 74 valence electrons. The zero-order chi connectivity index (χ0) is 8.39. The Morgan fingerprint density at radius 1 is 1.31 bits per heavy atom. The van der Waals surface area contributed by atoms with Gasteiger partial charge in [0.05, 0.1) is 4.21 Å². The van der Waals surface area contributed by atoms with Crippen molar-refractivity contribution in [2.75, 3.05) is 19.3 Å². The summed E-state index contributed by atoms with van der Waals surface area (Å²) in [4.78, 5) is 0. The normalized spacial score (nSPS) is 15.9. The van der Waals surface area contributed by atoms with Crippen molar-refractivity contribution < 1.29 is 24.0 Å². The first-order chi connectivity index (χ1) is 5.90. The molecule has 5 heteroatoms. The van der Waals surface area contributed by atoms with Crippen molar-refractivity contribution >= 4 is 32.4 Å². The lowest BCUT2D eigenvalue weighted by atomic mass is 10.4. The predicted octanol–water partition coefficient (Wildman–Crippen LogP) is -0.898. The Morgan fingerprint density at radius 2 is 2.00 bits per heavy atom. The van der Waals surface area contributed by atoms with Gasteiger partial charge in [-0.25, -0.2) is 4.58 Å². The van der Waals surface area contributed by atoms with E-state index in [-0.39, 0.29) is 24.0 Å². The number of nitrogens with zero attached hydrogens (tertiary/aromatic N) is 1. The van der Waals surface area contributed by atoms with E-state index in [1.165, 1.54) is 34.8 Å². The fourth-order valence-electron chi connectivity index (χ4n) is 1.41. The minimum Gasteiger partial charge on any atom is -1.00 e. The first kappa shape index (κ1) is 12.0. The molecule has 1 saturated heterocycles. The summed E-state index contributed by atoms with van der Waals surface area (Å²) in [5.41, 5.74) is 0. The molecule has 0 saturated carbocycles. The summed E-state index contributed by atoms with van der Waals surface area (Å²) in [5.74, 6) is 0. The Kier molecular flexibility index (Phi) is 5.28. The van der Waals surface area contributed by atoms with E-state index in [4.69, 9.17) is 0 Å². The van der Waals surface area contributed by atoms with Crippen LogP contribution in [0.3, 0.4) is 0 Å². The van der Waals surface area contributed by atoms with Crippen molar-refractivity contribution in [3.05, 3.63) is 10.7 Å². The second-order valence-electron chi connectivity index (χ2n) is 2.87.